The van der Waals surface area contributed by atoms with Crippen LogP contribution in [-0.4, -0.2) is 29.6 Å². The van der Waals surface area contributed by atoms with Gasteiger partial charge in [-0.15, -0.1) is 0 Å². The van der Waals surface area contributed by atoms with Crippen molar-refractivity contribution in [3.8, 4) is 0 Å². The predicted molar refractivity (Wildman–Crippen MR) is 56.2 cm³/mol. The minimum absolute atomic E-state index is 0.133. The number of allylic oxidation sites excluding steroid dienone is 1. The summed E-state index contributed by atoms with van der Waals surface area (Å²) in [4.78, 5) is 22.8. The van der Waals surface area contributed by atoms with Crippen molar-refractivity contribution in [2.24, 2.45) is 0 Å². The average molecular weight is 212 g/mol. The Morgan fingerprint density at radius 2 is 1.73 bits per heavy atom. The number of carbonyl (C=O) groups is 2. The monoisotopic (exact) mass is 212 g/mol. The Morgan fingerprint density at radius 1 is 1.27 bits per heavy atom. The molecule has 0 bridgehead atoms. The summed E-state index contributed by atoms with van der Waals surface area (Å²) in [5.41, 5.74) is 0.397. The van der Waals surface area contributed by atoms with Crippen LogP contribution in [0.5, 0.6) is 0 Å². The summed E-state index contributed by atoms with van der Waals surface area (Å²) in [7, 11) is 1.16. The standard InChI is InChI=1S/C11H16O4/c1-7(2)9(12)6-11(14,15-5)10(13)8(3)4/h14H,1,3,6H2,2,4-5H3. The molecule has 0 heterocycles. The summed E-state index contributed by atoms with van der Waals surface area (Å²) >= 11 is 0. The number of aliphatic hydroxyl groups is 1. The van der Waals surface area contributed by atoms with Crippen molar-refractivity contribution in [1.82, 2.24) is 0 Å². The fourth-order valence-electron chi connectivity index (χ4n) is 0.947. The van der Waals surface area contributed by atoms with Crippen LogP contribution in [0.3, 0.4) is 0 Å². The molecule has 0 spiro atoms. The lowest BCUT2D eigenvalue weighted by molar-refractivity contribution is -0.193. The first-order chi connectivity index (χ1) is 6.74. The highest BCUT2D eigenvalue weighted by Gasteiger charge is 2.38. The lowest BCUT2D eigenvalue weighted by Crippen LogP contribution is -2.43. The van der Waals surface area contributed by atoms with Crippen LogP contribution < -0.4 is 0 Å². The molecule has 0 saturated carbocycles. The lowest BCUT2D eigenvalue weighted by Gasteiger charge is -2.24. The van der Waals surface area contributed by atoms with Crippen LogP contribution in [0.1, 0.15) is 20.3 Å². The second-order valence-electron chi connectivity index (χ2n) is 3.48. The van der Waals surface area contributed by atoms with Gasteiger partial charge in [0, 0.05) is 7.11 Å². The van der Waals surface area contributed by atoms with Crippen molar-refractivity contribution in [2.45, 2.75) is 26.1 Å². The van der Waals surface area contributed by atoms with Crippen LogP contribution in [0.2, 0.25) is 0 Å². The molecule has 1 N–H and O–H groups in total. The molecule has 0 aromatic rings. The van der Waals surface area contributed by atoms with E-state index >= 15 is 0 Å². The number of hydrogen-bond acceptors (Lipinski definition) is 4. The smallest absolute Gasteiger partial charge is 0.238 e. The largest absolute Gasteiger partial charge is 0.359 e. The van der Waals surface area contributed by atoms with E-state index in [2.05, 4.69) is 17.9 Å². The maximum absolute atomic E-state index is 11.5. The zero-order valence-electron chi connectivity index (χ0n) is 9.29. The van der Waals surface area contributed by atoms with Gasteiger partial charge in [-0.3, -0.25) is 9.59 Å². The first-order valence-corrected chi connectivity index (χ1v) is 4.41. The molecule has 0 radical (unpaired) electrons. The Labute approximate surface area is 89.2 Å². The van der Waals surface area contributed by atoms with Gasteiger partial charge in [-0.2, -0.15) is 0 Å². The topological polar surface area (TPSA) is 63.6 Å². The highest BCUT2D eigenvalue weighted by atomic mass is 16.6. The Kier molecular flexibility index (Phi) is 4.58. The number of ketones is 2. The summed E-state index contributed by atoms with van der Waals surface area (Å²) < 4.78 is 4.66. The van der Waals surface area contributed by atoms with Gasteiger partial charge in [-0.25, -0.2) is 0 Å². The summed E-state index contributed by atoms with van der Waals surface area (Å²) in [5.74, 6) is -3.24. The van der Waals surface area contributed by atoms with E-state index in [0.717, 1.165) is 7.11 Å². The molecule has 0 amide bonds. The third-order valence-electron chi connectivity index (χ3n) is 1.96. The van der Waals surface area contributed by atoms with Gasteiger partial charge in [-0.05, 0) is 25.0 Å². The van der Waals surface area contributed by atoms with Gasteiger partial charge < -0.3 is 9.84 Å². The molecule has 15 heavy (non-hydrogen) atoms. The van der Waals surface area contributed by atoms with E-state index in [1.165, 1.54) is 13.8 Å². The fraction of sp³-hybridized carbons (Fsp3) is 0.455. The summed E-state index contributed by atoms with van der Waals surface area (Å²) in [6.45, 7) is 9.77. The molecule has 0 aromatic heterocycles. The molecule has 0 aliphatic rings. The minimum Gasteiger partial charge on any atom is -0.359 e. The number of Topliss-reactive ketones (excluding diaryl/α,β-unsaturated/α-hetero) is 2. The van der Waals surface area contributed by atoms with Gasteiger partial charge in [0.15, 0.2) is 5.78 Å². The van der Waals surface area contributed by atoms with E-state index in [-0.39, 0.29) is 11.1 Å². The van der Waals surface area contributed by atoms with E-state index in [1.54, 1.807) is 0 Å². The van der Waals surface area contributed by atoms with Crippen LogP contribution >= 0.6 is 0 Å². The Hall–Kier alpha value is -1.26. The van der Waals surface area contributed by atoms with Crippen molar-refractivity contribution in [2.75, 3.05) is 7.11 Å². The molecule has 0 aromatic carbocycles. The molecule has 4 heteroatoms. The quantitative estimate of drug-likeness (QED) is 0.527. The molecule has 84 valence electrons. The van der Waals surface area contributed by atoms with Gasteiger partial charge in [-0.1, -0.05) is 13.2 Å². The van der Waals surface area contributed by atoms with Gasteiger partial charge in [0.05, 0.1) is 6.42 Å². The molecule has 0 aliphatic carbocycles. The summed E-state index contributed by atoms with van der Waals surface area (Å²) in [5, 5.41) is 9.78. The maximum atomic E-state index is 11.5. The van der Waals surface area contributed by atoms with Gasteiger partial charge in [0.1, 0.15) is 0 Å². The zero-order valence-corrected chi connectivity index (χ0v) is 9.29. The average Bonchev–Trinajstić information content (AvgIpc) is 2.15. The second kappa shape index (κ2) is 5.00. The lowest BCUT2D eigenvalue weighted by atomic mass is 9.98. The van der Waals surface area contributed by atoms with Crippen molar-refractivity contribution in [3.05, 3.63) is 24.3 Å². The third kappa shape index (κ3) is 3.42. The Balaban J connectivity index is 4.87. The number of rotatable bonds is 6. The van der Waals surface area contributed by atoms with E-state index in [0.29, 0.717) is 0 Å². The van der Waals surface area contributed by atoms with Gasteiger partial charge >= 0.3 is 0 Å². The van der Waals surface area contributed by atoms with E-state index in [1.807, 2.05) is 0 Å². The molecule has 0 rings (SSSR count). The molecule has 0 fully saturated rings. The SMILES string of the molecule is C=C(C)C(=O)CC(O)(OC)C(=O)C(=C)C. The first kappa shape index (κ1) is 13.7. The normalized spacial score (nSPS) is 14.1. The summed E-state index contributed by atoms with van der Waals surface area (Å²) in [6.07, 6.45) is -0.440. The van der Waals surface area contributed by atoms with Crippen molar-refractivity contribution in [3.63, 3.8) is 0 Å². The van der Waals surface area contributed by atoms with Crippen LogP contribution in [-0.2, 0) is 14.3 Å². The van der Waals surface area contributed by atoms with Crippen LogP contribution in [0.25, 0.3) is 0 Å². The van der Waals surface area contributed by atoms with Gasteiger partial charge in [0.25, 0.3) is 0 Å². The molecular weight excluding hydrogens is 196 g/mol. The fourth-order valence-corrected chi connectivity index (χ4v) is 0.947. The van der Waals surface area contributed by atoms with Crippen LogP contribution in [0.4, 0.5) is 0 Å². The van der Waals surface area contributed by atoms with Gasteiger partial charge in [0.2, 0.25) is 11.6 Å². The first-order valence-electron chi connectivity index (χ1n) is 4.41. The predicted octanol–water partition coefficient (Wildman–Crippen LogP) is 1.00. The molecule has 4 nitrogen and oxygen atoms in total. The molecular formula is C11H16O4. The Morgan fingerprint density at radius 3 is 2.00 bits per heavy atom. The second-order valence-corrected chi connectivity index (χ2v) is 3.48. The molecule has 0 saturated heterocycles. The highest BCUT2D eigenvalue weighted by molar-refractivity contribution is 6.04. The zero-order chi connectivity index (χ0) is 12.2. The number of carbonyl (C=O) groups excluding carboxylic acids is 2. The van der Waals surface area contributed by atoms with Crippen molar-refractivity contribution < 1.29 is 19.4 Å². The van der Waals surface area contributed by atoms with Crippen molar-refractivity contribution in [1.29, 1.82) is 0 Å². The van der Waals surface area contributed by atoms with E-state index in [9.17, 15) is 14.7 Å². The molecule has 1 atom stereocenters. The van der Waals surface area contributed by atoms with E-state index < -0.39 is 23.8 Å². The number of hydrogen-bond donors (Lipinski definition) is 1. The number of ether oxygens (including phenoxy) is 1. The van der Waals surface area contributed by atoms with Crippen LogP contribution in [0.15, 0.2) is 24.3 Å². The van der Waals surface area contributed by atoms with E-state index in [4.69, 9.17) is 0 Å². The molecule has 0 aliphatic heterocycles. The molecule has 1 unspecified atom stereocenters. The highest BCUT2D eigenvalue weighted by Crippen LogP contribution is 2.18. The third-order valence-corrected chi connectivity index (χ3v) is 1.96. The Bertz CT molecular complexity index is 317. The summed E-state index contributed by atoms with van der Waals surface area (Å²) in [6, 6.07) is 0. The van der Waals surface area contributed by atoms with Crippen LogP contribution in [0, 0.1) is 0 Å². The maximum Gasteiger partial charge on any atom is 0.238 e. The number of methoxy groups -OCH3 is 1. The van der Waals surface area contributed by atoms with Crippen molar-refractivity contribution >= 4 is 11.6 Å². The minimum atomic E-state index is -2.12.